The van der Waals surface area contributed by atoms with E-state index in [9.17, 15) is 4.39 Å². The van der Waals surface area contributed by atoms with E-state index >= 15 is 0 Å². The number of rotatable bonds is 5. The number of aromatic nitrogens is 8. The van der Waals surface area contributed by atoms with Crippen molar-refractivity contribution in [2.24, 2.45) is 7.05 Å². The van der Waals surface area contributed by atoms with Crippen molar-refractivity contribution in [3.8, 4) is 11.4 Å². The first kappa shape index (κ1) is 17.5. The minimum Gasteiger partial charge on any atom is -0.485 e. The average Bonchev–Trinajstić information content (AvgIpc) is 3.45. The molecule has 10 heteroatoms. The molecule has 148 valence electrons. The molecular weight excluding hydrogens is 375 g/mol. The Bertz CT molecular complexity index is 1150. The van der Waals surface area contributed by atoms with Crippen molar-refractivity contribution in [2.45, 2.75) is 31.9 Å². The summed E-state index contributed by atoms with van der Waals surface area (Å²) >= 11 is 0. The van der Waals surface area contributed by atoms with Crippen molar-refractivity contribution in [3.63, 3.8) is 0 Å². The smallest absolute Gasteiger partial charge is 0.188 e. The molecule has 4 heterocycles. The summed E-state index contributed by atoms with van der Waals surface area (Å²) in [4.78, 5) is 9.04. The lowest BCUT2D eigenvalue weighted by atomic mass is 9.99. The maximum atomic E-state index is 13.4. The normalized spacial score (nSPS) is 16.0. The van der Waals surface area contributed by atoms with Gasteiger partial charge in [-0.2, -0.15) is 10.2 Å². The Morgan fingerprint density at radius 2 is 2.21 bits per heavy atom. The highest BCUT2D eigenvalue weighted by molar-refractivity contribution is 5.27. The molecule has 1 aromatic carbocycles. The van der Waals surface area contributed by atoms with E-state index in [4.69, 9.17) is 9.72 Å². The number of aryl methyl sites for hydroxylation is 2. The minimum atomic E-state index is -0.345. The van der Waals surface area contributed by atoms with Gasteiger partial charge in [0.2, 0.25) is 0 Å². The molecule has 1 atom stereocenters. The number of halogens is 1. The summed E-state index contributed by atoms with van der Waals surface area (Å²) < 4.78 is 24.5. The summed E-state index contributed by atoms with van der Waals surface area (Å²) in [5.41, 5.74) is 0.830. The van der Waals surface area contributed by atoms with E-state index in [1.807, 2.05) is 22.6 Å². The minimum absolute atomic E-state index is 0.139. The zero-order chi connectivity index (χ0) is 19.8. The highest BCUT2D eigenvalue weighted by Crippen LogP contribution is 2.28. The van der Waals surface area contributed by atoms with Crippen LogP contribution in [0.1, 0.15) is 29.8 Å². The van der Waals surface area contributed by atoms with Crippen LogP contribution in [-0.4, -0.2) is 39.3 Å². The van der Waals surface area contributed by atoms with Gasteiger partial charge in [-0.15, -0.1) is 5.10 Å². The zero-order valence-electron chi connectivity index (χ0n) is 15.8. The van der Waals surface area contributed by atoms with E-state index < -0.39 is 0 Å². The predicted molar refractivity (Wildman–Crippen MR) is 99.9 cm³/mol. The van der Waals surface area contributed by atoms with Crippen molar-refractivity contribution in [2.75, 3.05) is 0 Å². The molecule has 0 bridgehead atoms. The lowest BCUT2D eigenvalue weighted by Gasteiger charge is -2.21. The third-order valence-corrected chi connectivity index (χ3v) is 4.95. The maximum Gasteiger partial charge on any atom is 0.188 e. The van der Waals surface area contributed by atoms with E-state index in [-0.39, 0.29) is 18.3 Å². The molecule has 0 spiro atoms. The Kier molecular flexibility index (Phi) is 4.30. The highest BCUT2D eigenvalue weighted by atomic mass is 19.1. The van der Waals surface area contributed by atoms with Crippen LogP contribution in [-0.2, 0) is 26.6 Å². The first-order valence-corrected chi connectivity index (χ1v) is 9.35. The van der Waals surface area contributed by atoms with Crippen molar-refractivity contribution in [1.29, 1.82) is 0 Å². The molecule has 5 rings (SSSR count). The first-order chi connectivity index (χ1) is 14.2. The van der Waals surface area contributed by atoms with Crippen molar-refractivity contribution < 1.29 is 9.13 Å². The van der Waals surface area contributed by atoms with E-state index in [1.54, 1.807) is 29.3 Å². The largest absolute Gasteiger partial charge is 0.485 e. The lowest BCUT2D eigenvalue weighted by Crippen LogP contribution is -2.22. The molecule has 4 aromatic rings. The van der Waals surface area contributed by atoms with Gasteiger partial charge in [-0.05, 0) is 18.6 Å². The summed E-state index contributed by atoms with van der Waals surface area (Å²) in [6.45, 7) is 0.837. The molecule has 0 amide bonds. The Morgan fingerprint density at radius 3 is 3.03 bits per heavy atom. The second kappa shape index (κ2) is 7.12. The average molecular weight is 394 g/mol. The van der Waals surface area contributed by atoms with Gasteiger partial charge < -0.3 is 4.74 Å². The number of fused-ring (bicyclic) bond motifs is 1. The van der Waals surface area contributed by atoms with Crippen LogP contribution in [0.4, 0.5) is 4.39 Å². The molecule has 0 saturated heterocycles. The Balaban J connectivity index is 1.44. The summed E-state index contributed by atoms with van der Waals surface area (Å²) in [6, 6.07) is 6.03. The van der Waals surface area contributed by atoms with Gasteiger partial charge in [0.05, 0.1) is 18.9 Å². The monoisotopic (exact) mass is 394 g/mol. The van der Waals surface area contributed by atoms with Crippen molar-refractivity contribution in [1.82, 2.24) is 39.3 Å². The number of hydrogen-bond acceptors (Lipinski definition) is 6. The van der Waals surface area contributed by atoms with Crippen LogP contribution in [0, 0.1) is 5.82 Å². The molecule has 1 aliphatic rings. The van der Waals surface area contributed by atoms with Crippen molar-refractivity contribution in [3.05, 3.63) is 66.3 Å². The molecule has 0 fully saturated rings. The summed E-state index contributed by atoms with van der Waals surface area (Å²) in [5, 5.41) is 13.2. The molecule has 0 saturated carbocycles. The van der Waals surface area contributed by atoms with Gasteiger partial charge in [0.25, 0.3) is 0 Å². The SMILES string of the molecule is Cn1cc(-n2nc(COc3cccc(F)c3)nc2C2CCc3ncnn3C2)cn1. The molecule has 9 nitrogen and oxygen atoms in total. The molecule has 0 aliphatic carbocycles. The number of nitrogens with zero attached hydrogens (tertiary/aromatic N) is 8. The molecule has 0 radical (unpaired) electrons. The molecule has 0 N–H and O–H groups in total. The van der Waals surface area contributed by atoms with E-state index in [0.29, 0.717) is 18.1 Å². The zero-order valence-corrected chi connectivity index (χ0v) is 15.8. The second-order valence-corrected chi connectivity index (χ2v) is 7.01. The topological polar surface area (TPSA) is 88.5 Å². The standard InChI is InChI=1S/C19H19FN8O/c1-26-10-15(8-22-26)28-19(13-5-6-18-21-12-23-27(18)9-13)24-17(25-28)11-29-16-4-2-3-14(20)7-16/h2-4,7-8,10,12-13H,5-6,9,11H2,1H3. The third-order valence-electron chi connectivity index (χ3n) is 4.95. The fraction of sp³-hybridized carbons (Fsp3) is 0.316. The predicted octanol–water partition coefficient (Wildman–Crippen LogP) is 2.04. The van der Waals surface area contributed by atoms with Gasteiger partial charge in [-0.25, -0.2) is 23.7 Å². The molecule has 3 aromatic heterocycles. The quantitative estimate of drug-likeness (QED) is 0.515. The van der Waals surface area contributed by atoms with Gasteiger partial charge in [0, 0.05) is 25.5 Å². The summed E-state index contributed by atoms with van der Waals surface area (Å²) in [5.74, 6) is 2.58. The van der Waals surface area contributed by atoms with E-state index in [1.165, 1.54) is 12.1 Å². The van der Waals surface area contributed by atoms with Gasteiger partial charge in [0.1, 0.15) is 41.8 Å². The van der Waals surface area contributed by atoms with Crippen LogP contribution in [0.5, 0.6) is 5.75 Å². The first-order valence-electron chi connectivity index (χ1n) is 9.35. The van der Waals surface area contributed by atoms with Crippen LogP contribution in [0.15, 0.2) is 43.0 Å². The Morgan fingerprint density at radius 1 is 1.28 bits per heavy atom. The Hall–Kier alpha value is -3.56. The summed E-state index contributed by atoms with van der Waals surface area (Å²) in [6.07, 6.45) is 6.96. The number of hydrogen-bond donors (Lipinski definition) is 0. The van der Waals surface area contributed by atoms with E-state index in [2.05, 4.69) is 20.3 Å². The molecule has 1 unspecified atom stereocenters. The van der Waals surface area contributed by atoms with Crippen LogP contribution in [0.3, 0.4) is 0 Å². The molecule has 1 aliphatic heterocycles. The molecular formula is C19H19FN8O. The third kappa shape index (κ3) is 3.48. The van der Waals surface area contributed by atoms with Crippen LogP contribution < -0.4 is 4.74 Å². The number of benzene rings is 1. The summed E-state index contributed by atoms with van der Waals surface area (Å²) in [7, 11) is 1.86. The van der Waals surface area contributed by atoms with Crippen LogP contribution in [0.2, 0.25) is 0 Å². The Labute approximate surface area is 165 Å². The van der Waals surface area contributed by atoms with Crippen LogP contribution in [0.25, 0.3) is 5.69 Å². The van der Waals surface area contributed by atoms with Gasteiger partial charge in [-0.3, -0.25) is 4.68 Å². The van der Waals surface area contributed by atoms with Gasteiger partial charge in [0.15, 0.2) is 5.82 Å². The van der Waals surface area contributed by atoms with Crippen LogP contribution >= 0.6 is 0 Å². The fourth-order valence-corrected chi connectivity index (χ4v) is 3.55. The lowest BCUT2D eigenvalue weighted by molar-refractivity contribution is 0.294. The maximum absolute atomic E-state index is 13.4. The second-order valence-electron chi connectivity index (χ2n) is 7.01. The number of ether oxygens (including phenoxy) is 1. The van der Waals surface area contributed by atoms with Crippen molar-refractivity contribution >= 4 is 0 Å². The highest BCUT2D eigenvalue weighted by Gasteiger charge is 2.27. The molecule has 29 heavy (non-hydrogen) atoms. The van der Waals surface area contributed by atoms with Gasteiger partial charge >= 0.3 is 0 Å². The fourth-order valence-electron chi connectivity index (χ4n) is 3.55. The van der Waals surface area contributed by atoms with E-state index in [0.717, 1.165) is 30.2 Å². The van der Waals surface area contributed by atoms with Gasteiger partial charge in [-0.1, -0.05) is 6.07 Å².